The van der Waals surface area contributed by atoms with Crippen molar-refractivity contribution in [3.63, 3.8) is 0 Å². The molecule has 3 atom stereocenters. The van der Waals surface area contributed by atoms with E-state index < -0.39 is 0 Å². The number of nitrogens with one attached hydrogen (secondary N) is 1. The highest BCUT2D eigenvalue weighted by Gasteiger charge is 2.42. The van der Waals surface area contributed by atoms with E-state index in [4.69, 9.17) is 0 Å². The van der Waals surface area contributed by atoms with Crippen LogP contribution in [0.1, 0.15) is 26.7 Å². The van der Waals surface area contributed by atoms with Crippen molar-refractivity contribution in [2.24, 2.45) is 11.8 Å². The molecule has 0 aromatic carbocycles. The molecule has 0 saturated carbocycles. The molecule has 1 N–H and O–H groups in total. The van der Waals surface area contributed by atoms with E-state index in [0.717, 1.165) is 38.2 Å². The molecule has 0 spiro atoms. The number of hydrogen-bond donors (Lipinski definition) is 1. The van der Waals surface area contributed by atoms with Crippen LogP contribution in [0.5, 0.6) is 0 Å². The standard InChI is InChI=1S/C15H23BrN4O/c1-3-4-5-20-15(21)14(16)13(8-18-20)19-9-11-6-17-7-12(11)10(19)2/h8,10-12,17H,3-7,9H2,1-2H3. The van der Waals surface area contributed by atoms with Crippen LogP contribution in [0.25, 0.3) is 0 Å². The molecule has 116 valence electrons. The number of fused-ring (bicyclic) bond motifs is 1. The van der Waals surface area contributed by atoms with Gasteiger partial charge in [0.2, 0.25) is 0 Å². The topological polar surface area (TPSA) is 50.2 Å². The molecule has 0 amide bonds. The van der Waals surface area contributed by atoms with E-state index >= 15 is 0 Å². The highest BCUT2D eigenvalue weighted by molar-refractivity contribution is 9.10. The smallest absolute Gasteiger partial charge is 0.283 e. The molecule has 2 aliphatic heterocycles. The van der Waals surface area contributed by atoms with Gasteiger partial charge in [-0.05, 0) is 41.1 Å². The van der Waals surface area contributed by atoms with Gasteiger partial charge < -0.3 is 10.2 Å². The second-order valence-corrected chi connectivity index (χ2v) is 6.99. The van der Waals surface area contributed by atoms with Crippen LogP contribution in [0.4, 0.5) is 5.69 Å². The Morgan fingerprint density at radius 1 is 1.48 bits per heavy atom. The van der Waals surface area contributed by atoms with Crippen LogP contribution in [0, 0.1) is 11.8 Å². The maximum Gasteiger partial charge on any atom is 0.283 e. The van der Waals surface area contributed by atoms with Crippen LogP contribution in [0.3, 0.4) is 0 Å². The first-order valence-electron chi connectivity index (χ1n) is 7.86. The Morgan fingerprint density at radius 2 is 2.29 bits per heavy atom. The second kappa shape index (κ2) is 6.08. The van der Waals surface area contributed by atoms with Crippen molar-refractivity contribution in [3.05, 3.63) is 21.0 Å². The Hall–Kier alpha value is -0.880. The van der Waals surface area contributed by atoms with E-state index in [1.807, 2.05) is 6.20 Å². The normalized spacial score (nSPS) is 28.1. The number of aromatic nitrogens is 2. The van der Waals surface area contributed by atoms with Crippen molar-refractivity contribution in [1.29, 1.82) is 0 Å². The Labute approximate surface area is 133 Å². The average molecular weight is 355 g/mol. The predicted molar refractivity (Wildman–Crippen MR) is 87.8 cm³/mol. The van der Waals surface area contributed by atoms with Gasteiger partial charge in [-0.2, -0.15) is 5.10 Å². The lowest BCUT2D eigenvalue weighted by Gasteiger charge is -2.27. The minimum absolute atomic E-state index is 0.0108. The maximum atomic E-state index is 12.4. The average Bonchev–Trinajstić information content (AvgIpc) is 3.04. The largest absolute Gasteiger partial charge is 0.366 e. The number of unbranched alkanes of at least 4 members (excludes halogenated alkanes) is 1. The fourth-order valence-corrected chi connectivity index (χ4v) is 4.14. The summed E-state index contributed by atoms with van der Waals surface area (Å²) < 4.78 is 2.23. The molecular formula is C15H23BrN4O. The van der Waals surface area contributed by atoms with Gasteiger partial charge in [-0.15, -0.1) is 0 Å². The first-order valence-corrected chi connectivity index (χ1v) is 8.65. The van der Waals surface area contributed by atoms with E-state index in [1.54, 1.807) is 4.68 Å². The van der Waals surface area contributed by atoms with Gasteiger partial charge >= 0.3 is 0 Å². The third-order valence-electron chi connectivity index (χ3n) is 4.93. The van der Waals surface area contributed by atoms with E-state index in [0.29, 0.717) is 28.9 Å². The summed E-state index contributed by atoms with van der Waals surface area (Å²) in [6, 6.07) is 0.453. The van der Waals surface area contributed by atoms with Gasteiger partial charge in [-0.1, -0.05) is 13.3 Å². The van der Waals surface area contributed by atoms with E-state index in [-0.39, 0.29) is 5.56 Å². The van der Waals surface area contributed by atoms with E-state index in [1.165, 1.54) is 0 Å². The monoisotopic (exact) mass is 354 g/mol. The number of hydrogen-bond acceptors (Lipinski definition) is 4. The molecule has 21 heavy (non-hydrogen) atoms. The molecule has 2 fully saturated rings. The van der Waals surface area contributed by atoms with Crippen LogP contribution in [-0.4, -0.2) is 35.5 Å². The molecule has 5 nitrogen and oxygen atoms in total. The maximum absolute atomic E-state index is 12.4. The van der Waals surface area contributed by atoms with Gasteiger partial charge in [0.1, 0.15) is 4.47 Å². The zero-order chi connectivity index (χ0) is 15.0. The molecule has 6 heteroatoms. The van der Waals surface area contributed by atoms with Crippen LogP contribution < -0.4 is 15.8 Å². The summed E-state index contributed by atoms with van der Waals surface area (Å²) in [7, 11) is 0. The lowest BCUT2D eigenvalue weighted by atomic mass is 9.95. The van der Waals surface area contributed by atoms with Gasteiger partial charge in [-0.25, -0.2) is 4.68 Å². The summed E-state index contributed by atoms with van der Waals surface area (Å²) >= 11 is 3.51. The molecule has 2 aliphatic rings. The Kier molecular flexibility index (Phi) is 4.36. The Bertz CT molecular complexity index is 573. The number of halogens is 1. The highest BCUT2D eigenvalue weighted by atomic mass is 79.9. The fourth-order valence-electron chi connectivity index (χ4n) is 3.61. The lowest BCUT2D eigenvalue weighted by Crippen LogP contribution is -2.35. The van der Waals surface area contributed by atoms with Crippen molar-refractivity contribution in [2.45, 2.75) is 39.3 Å². The Morgan fingerprint density at radius 3 is 3.00 bits per heavy atom. The van der Waals surface area contributed by atoms with Crippen LogP contribution in [0.2, 0.25) is 0 Å². The summed E-state index contributed by atoms with van der Waals surface area (Å²) in [5, 5.41) is 7.83. The van der Waals surface area contributed by atoms with Crippen molar-refractivity contribution < 1.29 is 0 Å². The van der Waals surface area contributed by atoms with Gasteiger partial charge in [0.05, 0.1) is 11.9 Å². The first kappa shape index (κ1) is 15.0. The van der Waals surface area contributed by atoms with Gasteiger partial charge in [0, 0.05) is 32.2 Å². The van der Waals surface area contributed by atoms with Crippen molar-refractivity contribution in [2.75, 3.05) is 24.5 Å². The summed E-state index contributed by atoms with van der Waals surface area (Å²) in [5.74, 6) is 1.37. The third-order valence-corrected chi connectivity index (χ3v) is 5.68. The van der Waals surface area contributed by atoms with Crippen LogP contribution in [0.15, 0.2) is 15.5 Å². The fraction of sp³-hybridized carbons (Fsp3) is 0.733. The number of anilines is 1. The predicted octanol–water partition coefficient (Wildman–Crippen LogP) is 1.85. The number of rotatable bonds is 4. The lowest BCUT2D eigenvalue weighted by molar-refractivity contribution is 0.471. The van der Waals surface area contributed by atoms with Gasteiger partial charge in [-0.3, -0.25) is 4.79 Å². The van der Waals surface area contributed by atoms with Crippen molar-refractivity contribution >= 4 is 21.6 Å². The minimum atomic E-state index is -0.0108. The number of aryl methyl sites for hydroxylation is 1. The molecule has 0 bridgehead atoms. The van der Waals surface area contributed by atoms with Crippen LogP contribution >= 0.6 is 15.9 Å². The number of nitrogens with zero attached hydrogens (tertiary/aromatic N) is 3. The SMILES string of the molecule is CCCCn1ncc(N2CC3CNCC3C2C)c(Br)c1=O. The summed E-state index contributed by atoms with van der Waals surface area (Å²) in [5.41, 5.74) is 0.943. The molecule has 3 heterocycles. The second-order valence-electron chi connectivity index (χ2n) is 6.20. The molecule has 0 radical (unpaired) electrons. The summed E-state index contributed by atoms with van der Waals surface area (Å²) in [6.07, 6.45) is 3.90. The highest BCUT2D eigenvalue weighted by Crippen LogP contribution is 2.37. The Balaban J connectivity index is 1.86. The van der Waals surface area contributed by atoms with E-state index in [9.17, 15) is 4.79 Å². The van der Waals surface area contributed by atoms with Crippen molar-refractivity contribution in [3.8, 4) is 0 Å². The minimum Gasteiger partial charge on any atom is -0.366 e. The zero-order valence-corrected chi connectivity index (χ0v) is 14.3. The molecule has 2 saturated heterocycles. The molecule has 3 unspecified atom stereocenters. The van der Waals surface area contributed by atoms with E-state index in [2.05, 4.69) is 45.1 Å². The molecule has 3 rings (SSSR count). The quantitative estimate of drug-likeness (QED) is 0.896. The van der Waals surface area contributed by atoms with Gasteiger partial charge in [0.15, 0.2) is 0 Å². The van der Waals surface area contributed by atoms with Gasteiger partial charge in [0.25, 0.3) is 5.56 Å². The third kappa shape index (κ3) is 2.63. The molecular weight excluding hydrogens is 332 g/mol. The molecule has 1 aromatic heterocycles. The summed E-state index contributed by atoms with van der Waals surface area (Å²) in [4.78, 5) is 14.8. The zero-order valence-electron chi connectivity index (χ0n) is 12.7. The molecule has 0 aliphatic carbocycles. The molecule has 1 aromatic rings. The van der Waals surface area contributed by atoms with Crippen molar-refractivity contribution in [1.82, 2.24) is 15.1 Å². The van der Waals surface area contributed by atoms with Crippen LogP contribution in [-0.2, 0) is 6.54 Å². The summed E-state index contributed by atoms with van der Waals surface area (Å²) in [6.45, 7) is 8.25. The first-order chi connectivity index (χ1) is 10.1.